The Morgan fingerprint density at radius 3 is 2.36 bits per heavy atom. The van der Waals surface area contributed by atoms with Crippen molar-refractivity contribution in [1.29, 1.82) is 0 Å². The third-order valence-electron chi connectivity index (χ3n) is 3.79. The van der Waals surface area contributed by atoms with Crippen LogP contribution in [0.15, 0.2) is 29.2 Å². The van der Waals surface area contributed by atoms with E-state index in [9.17, 15) is 28.5 Å². The van der Waals surface area contributed by atoms with Gasteiger partial charge in [-0.2, -0.15) is 8.42 Å². The van der Waals surface area contributed by atoms with Gasteiger partial charge in [-0.15, -0.1) is 0 Å². The number of aryl methyl sites for hydroxylation is 1. The summed E-state index contributed by atoms with van der Waals surface area (Å²) in [5.74, 6) is -0.532. The Hall–Kier alpha value is -1.56. The zero-order chi connectivity index (χ0) is 18.8. The topological polar surface area (TPSA) is 142 Å². The van der Waals surface area contributed by atoms with Crippen LogP contribution < -0.4 is 5.32 Å². The second kappa shape index (κ2) is 7.77. The number of carbonyl (C=O) groups excluding carboxylic acids is 1. The standard InChI is InChI=1S/C15H21NO8S/c1-8-3-5-10(6-4-8)25(21,22)23-7-11-13(18)14(19)12(15(20)24-11)16-9(2)17/h3-6,11-15,18-20H,7H2,1-2H3,(H,16,17)/t11-,12+,13-,14-,15+/m1/s1. The molecule has 1 fully saturated rings. The van der Waals surface area contributed by atoms with Crippen LogP contribution in [0.25, 0.3) is 0 Å². The van der Waals surface area contributed by atoms with E-state index < -0.39 is 53.3 Å². The van der Waals surface area contributed by atoms with Crippen LogP contribution in [-0.2, 0) is 23.8 Å². The van der Waals surface area contributed by atoms with Gasteiger partial charge in [-0.25, -0.2) is 0 Å². The molecule has 0 spiro atoms. The van der Waals surface area contributed by atoms with Gasteiger partial charge in [0.1, 0.15) is 24.4 Å². The molecule has 1 aromatic rings. The minimum atomic E-state index is -4.09. The van der Waals surface area contributed by atoms with E-state index in [0.717, 1.165) is 5.56 Å². The molecule has 0 aliphatic carbocycles. The maximum Gasteiger partial charge on any atom is 0.297 e. The monoisotopic (exact) mass is 375 g/mol. The summed E-state index contributed by atoms with van der Waals surface area (Å²) >= 11 is 0. The molecular formula is C15H21NO8S. The fourth-order valence-corrected chi connectivity index (χ4v) is 3.32. The molecule has 5 atom stereocenters. The third-order valence-corrected chi connectivity index (χ3v) is 5.08. The number of carbonyl (C=O) groups is 1. The molecule has 1 saturated heterocycles. The van der Waals surface area contributed by atoms with Crippen molar-refractivity contribution in [3.05, 3.63) is 29.8 Å². The van der Waals surface area contributed by atoms with E-state index in [0.29, 0.717) is 0 Å². The number of hydrogen-bond acceptors (Lipinski definition) is 8. The Bertz CT molecular complexity index is 705. The van der Waals surface area contributed by atoms with Crippen molar-refractivity contribution in [3.63, 3.8) is 0 Å². The lowest BCUT2D eigenvalue weighted by molar-refractivity contribution is -0.252. The van der Waals surface area contributed by atoms with Crippen molar-refractivity contribution >= 4 is 16.0 Å². The molecule has 1 heterocycles. The third kappa shape index (κ3) is 4.75. The number of amides is 1. The smallest absolute Gasteiger partial charge is 0.297 e. The van der Waals surface area contributed by atoms with E-state index in [2.05, 4.69) is 5.32 Å². The summed E-state index contributed by atoms with van der Waals surface area (Å²) in [5, 5.41) is 32.1. The normalized spacial score (nSPS) is 30.0. The van der Waals surface area contributed by atoms with Gasteiger partial charge in [0.25, 0.3) is 10.1 Å². The van der Waals surface area contributed by atoms with Gasteiger partial charge in [0, 0.05) is 6.92 Å². The lowest BCUT2D eigenvalue weighted by Gasteiger charge is -2.40. The van der Waals surface area contributed by atoms with Crippen molar-refractivity contribution in [1.82, 2.24) is 5.32 Å². The van der Waals surface area contributed by atoms with Gasteiger partial charge >= 0.3 is 0 Å². The van der Waals surface area contributed by atoms with Crippen LogP contribution in [0.2, 0.25) is 0 Å². The minimum Gasteiger partial charge on any atom is -0.388 e. The quantitative estimate of drug-likeness (QED) is 0.463. The zero-order valence-corrected chi connectivity index (χ0v) is 14.5. The molecule has 0 saturated carbocycles. The summed E-state index contributed by atoms with van der Waals surface area (Å²) in [6.45, 7) is 2.37. The first-order chi connectivity index (χ1) is 11.6. The average Bonchev–Trinajstić information content (AvgIpc) is 2.54. The first-order valence-electron chi connectivity index (χ1n) is 7.54. The first-order valence-corrected chi connectivity index (χ1v) is 8.95. The largest absolute Gasteiger partial charge is 0.388 e. The number of nitrogens with one attached hydrogen (secondary N) is 1. The Kier molecular flexibility index (Phi) is 6.14. The van der Waals surface area contributed by atoms with Crippen LogP contribution in [0.1, 0.15) is 12.5 Å². The average molecular weight is 375 g/mol. The highest BCUT2D eigenvalue weighted by molar-refractivity contribution is 7.86. The maximum atomic E-state index is 12.1. The molecular weight excluding hydrogens is 354 g/mol. The van der Waals surface area contributed by atoms with Crippen LogP contribution >= 0.6 is 0 Å². The molecule has 1 amide bonds. The predicted octanol–water partition coefficient (Wildman–Crippen LogP) is -1.36. The molecule has 25 heavy (non-hydrogen) atoms. The summed E-state index contributed by atoms with van der Waals surface area (Å²) in [4.78, 5) is 11.0. The Morgan fingerprint density at radius 2 is 1.80 bits per heavy atom. The molecule has 0 bridgehead atoms. The van der Waals surface area contributed by atoms with Crippen molar-refractivity contribution in [2.24, 2.45) is 0 Å². The molecule has 0 unspecified atom stereocenters. The SMILES string of the molecule is CC(=O)N[C@H]1[C@@H](O)[C@H](O)[C@@H](COS(=O)(=O)c2ccc(C)cc2)O[C@@H]1O. The molecule has 0 aromatic heterocycles. The number of aliphatic hydroxyl groups excluding tert-OH is 3. The molecule has 1 aliphatic rings. The fraction of sp³-hybridized carbons (Fsp3) is 0.533. The summed E-state index contributed by atoms with van der Waals surface area (Å²) < 4.78 is 34.2. The van der Waals surface area contributed by atoms with Gasteiger partial charge in [-0.3, -0.25) is 8.98 Å². The van der Waals surface area contributed by atoms with Gasteiger partial charge in [-0.05, 0) is 19.1 Å². The summed E-state index contributed by atoms with van der Waals surface area (Å²) in [7, 11) is -4.09. The molecule has 1 aromatic carbocycles. The molecule has 10 heteroatoms. The van der Waals surface area contributed by atoms with Gasteiger partial charge in [-0.1, -0.05) is 17.7 Å². The van der Waals surface area contributed by atoms with Gasteiger partial charge in [0.15, 0.2) is 6.29 Å². The number of benzene rings is 1. The van der Waals surface area contributed by atoms with Gasteiger partial charge in [0.05, 0.1) is 11.5 Å². The number of aliphatic hydroxyl groups is 3. The van der Waals surface area contributed by atoms with Crippen LogP contribution in [0.3, 0.4) is 0 Å². The minimum absolute atomic E-state index is 0.0689. The second-order valence-corrected chi connectivity index (χ2v) is 7.44. The number of hydrogen-bond donors (Lipinski definition) is 4. The number of ether oxygens (including phenoxy) is 1. The van der Waals surface area contributed by atoms with E-state index in [1.807, 2.05) is 0 Å². The maximum absolute atomic E-state index is 12.1. The van der Waals surface area contributed by atoms with Crippen molar-refractivity contribution < 1.29 is 37.5 Å². The van der Waals surface area contributed by atoms with Gasteiger partial charge < -0.3 is 25.4 Å². The predicted molar refractivity (Wildman–Crippen MR) is 84.8 cm³/mol. The van der Waals surface area contributed by atoms with Crippen LogP contribution in [0.5, 0.6) is 0 Å². The van der Waals surface area contributed by atoms with Gasteiger partial charge in [0.2, 0.25) is 5.91 Å². The molecule has 9 nitrogen and oxygen atoms in total. The van der Waals surface area contributed by atoms with Crippen LogP contribution in [0.4, 0.5) is 0 Å². The zero-order valence-electron chi connectivity index (χ0n) is 13.7. The van der Waals surface area contributed by atoms with E-state index in [1.54, 1.807) is 19.1 Å². The molecule has 140 valence electrons. The summed E-state index contributed by atoms with van der Waals surface area (Å²) in [5.41, 5.74) is 0.875. The highest BCUT2D eigenvalue weighted by Crippen LogP contribution is 2.22. The Labute approximate surface area is 145 Å². The van der Waals surface area contributed by atoms with Crippen LogP contribution in [0, 0.1) is 6.92 Å². The van der Waals surface area contributed by atoms with Crippen molar-refractivity contribution in [3.8, 4) is 0 Å². The molecule has 4 N–H and O–H groups in total. The summed E-state index contributed by atoms with van der Waals surface area (Å²) in [6, 6.07) is 4.72. The van der Waals surface area contributed by atoms with Crippen molar-refractivity contribution in [2.45, 2.75) is 49.4 Å². The molecule has 1 aliphatic heterocycles. The highest BCUT2D eigenvalue weighted by Gasteiger charge is 2.44. The lowest BCUT2D eigenvalue weighted by Crippen LogP contribution is -2.64. The fourth-order valence-electron chi connectivity index (χ4n) is 2.40. The van der Waals surface area contributed by atoms with E-state index >= 15 is 0 Å². The van der Waals surface area contributed by atoms with E-state index in [-0.39, 0.29) is 4.90 Å². The highest BCUT2D eigenvalue weighted by atomic mass is 32.2. The Balaban J connectivity index is 2.03. The van der Waals surface area contributed by atoms with E-state index in [1.165, 1.54) is 19.1 Å². The number of rotatable bonds is 5. The van der Waals surface area contributed by atoms with Crippen molar-refractivity contribution in [2.75, 3.05) is 6.61 Å². The second-order valence-electron chi connectivity index (χ2n) is 5.82. The first kappa shape index (κ1) is 19.8. The van der Waals surface area contributed by atoms with E-state index in [4.69, 9.17) is 8.92 Å². The lowest BCUT2D eigenvalue weighted by atomic mass is 9.97. The molecule has 2 rings (SSSR count). The molecule has 0 radical (unpaired) electrons. The summed E-state index contributed by atoms with van der Waals surface area (Å²) in [6.07, 6.45) is -6.04. The van der Waals surface area contributed by atoms with Crippen LogP contribution in [-0.4, -0.2) is 66.9 Å². The Morgan fingerprint density at radius 1 is 1.20 bits per heavy atom.